The van der Waals surface area contributed by atoms with Crippen LogP contribution < -0.4 is 4.90 Å². The minimum absolute atomic E-state index is 0.118. The average molecular weight is 337 g/mol. The molecule has 2 amide bonds. The molecule has 1 aliphatic heterocycles. The number of carboxylic acids is 1. The summed E-state index contributed by atoms with van der Waals surface area (Å²) in [6.07, 6.45) is 0.510. The first-order valence-electron chi connectivity index (χ1n) is 8.15. The maximum atomic E-state index is 12.8. The van der Waals surface area contributed by atoms with E-state index >= 15 is 0 Å². The molecule has 3 rings (SSSR count). The largest absolute Gasteiger partial charge is 0.478 e. The first-order valence-corrected chi connectivity index (χ1v) is 8.15. The van der Waals surface area contributed by atoms with Crippen molar-refractivity contribution in [1.82, 2.24) is 0 Å². The molecule has 0 radical (unpaired) electrons. The van der Waals surface area contributed by atoms with Crippen molar-refractivity contribution in [2.75, 3.05) is 4.90 Å². The molecule has 2 atom stereocenters. The Bertz CT molecular complexity index is 824. The van der Waals surface area contributed by atoms with Gasteiger partial charge in [0.1, 0.15) is 0 Å². The molecule has 1 saturated heterocycles. The fraction of sp³-hybridized carbons (Fsp3) is 0.250. The van der Waals surface area contributed by atoms with Gasteiger partial charge in [-0.3, -0.25) is 14.5 Å². The number of rotatable bonds is 4. The number of nitrogens with zero attached hydrogens (tertiary/aromatic N) is 1. The molecule has 2 aromatic carbocycles. The van der Waals surface area contributed by atoms with Crippen LogP contribution in [0.2, 0.25) is 0 Å². The second-order valence-corrected chi connectivity index (χ2v) is 6.45. The molecule has 2 aromatic rings. The zero-order chi connectivity index (χ0) is 18.1. The highest BCUT2D eigenvalue weighted by Crippen LogP contribution is 2.33. The van der Waals surface area contributed by atoms with E-state index in [1.54, 1.807) is 6.92 Å². The molecule has 0 bridgehead atoms. The first-order chi connectivity index (χ1) is 11.9. The summed E-state index contributed by atoms with van der Waals surface area (Å²) in [6, 6.07) is 13.7. The van der Waals surface area contributed by atoms with Crippen molar-refractivity contribution in [3.8, 4) is 0 Å². The fourth-order valence-electron chi connectivity index (χ4n) is 3.11. The van der Waals surface area contributed by atoms with Crippen LogP contribution in [0.5, 0.6) is 0 Å². The predicted molar refractivity (Wildman–Crippen MR) is 93.4 cm³/mol. The Hall–Kier alpha value is -2.95. The smallest absolute Gasteiger partial charge is 0.335 e. The molecule has 1 aliphatic rings. The molecule has 0 unspecified atom stereocenters. The number of aromatic carboxylic acids is 1. The van der Waals surface area contributed by atoms with E-state index in [1.165, 1.54) is 29.2 Å². The Labute approximate surface area is 145 Å². The van der Waals surface area contributed by atoms with Gasteiger partial charge in [-0.25, -0.2) is 4.79 Å². The molecule has 1 N–H and O–H groups in total. The summed E-state index contributed by atoms with van der Waals surface area (Å²) in [7, 11) is 0. The first kappa shape index (κ1) is 16.9. The molecule has 1 fully saturated rings. The number of anilines is 1. The van der Waals surface area contributed by atoms with Crippen molar-refractivity contribution in [2.24, 2.45) is 11.8 Å². The Morgan fingerprint density at radius 3 is 2.16 bits per heavy atom. The lowest BCUT2D eigenvalue weighted by atomic mass is 9.90. The van der Waals surface area contributed by atoms with Gasteiger partial charge in [-0.2, -0.15) is 0 Å². The van der Waals surface area contributed by atoms with E-state index < -0.39 is 17.8 Å². The lowest BCUT2D eigenvalue weighted by Crippen LogP contribution is -2.31. The molecular formula is C20H19NO4. The molecule has 128 valence electrons. The van der Waals surface area contributed by atoms with E-state index in [0.717, 1.165) is 11.1 Å². The van der Waals surface area contributed by atoms with Gasteiger partial charge in [-0.05, 0) is 43.2 Å². The van der Waals surface area contributed by atoms with E-state index in [4.69, 9.17) is 5.11 Å². The monoisotopic (exact) mass is 337 g/mol. The molecule has 5 nitrogen and oxygen atoms in total. The number of benzene rings is 2. The second-order valence-electron chi connectivity index (χ2n) is 6.45. The summed E-state index contributed by atoms with van der Waals surface area (Å²) >= 11 is 0. The van der Waals surface area contributed by atoms with Gasteiger partial charge in [0.05, 0.1) is 17.2 Å². The van der Waals surface area contributed by atoms with Gasteiger partial charge in [0.15, 0.2) is 0 Å². The van der Waals surface area contributed by atoms with E-state index in [0.29, 0.717) is 12.1 Å². The van der Waals surface area contributed by atoms with Crippen molar-refractivity contribution in [1.29, 1.82) is 0 Å². The minimum Gasteiger partial charge on any atom is -0.478 e. The Morgan fingerprint density at radius 2 is 1.60 bits per heavy atom. The van der Waals surface area contributed by atoms with E-state index in [9.17, 15) is 14.4 Å². The molecule has 5 heteroatoms. The van der Waals surface area contributed by atoms with Gasteiger partial charge in [0, 0.05) is 5.92 Å². The summed E-state index contributed by atoms with van der Waals surface area (Å²) in [6.45, 7) is 3.77. The minimum atomic E-state index is -1.05. The summed E-state index contributed by atoms with van der Waals surface area (Å²) in [5.74, 6) is -2.34. The Morgan fingerprint density at radius 1 is 1.00 bits per heavy atom. The van der Waals surface area contributed by atoms with Crippen molar-refractivity contribution in [2.45, 2.75) is 20.3 Å². The molecule has 0 aliphatic carbocycles. The fourth-order valence-corrected chi connectivity index (χ4v) is 3.11. The number of hydrogen-bond acceptors (Lipinski definition) is 3. The van der Waals surface area contributed by atoms with Crippen molar-refractivity contribution >= 4 is 23.5 Å². The lowest BCUT2D eigenvalue weighted by molar-refractivity contribution is -0.122. The van der Waals surface area contributed by atoms with Gasteiger partial charge in [-0.1, -0.05) is 36.8 Å². The van der Waals surface area contributed by atoms with Crippen LogP contribution in [0.3, 0.4) is 0 Å². The second kappa shape index (κ2) is 6.51. The third kappa shape index (κ3) is 3.18. The maximum Gasteiger partial charge on any atom is 0.335 e. The highest BCUT2D eigenvalue weighted by molar-refractivity contribution is 6.22. The summed E-state index contributed by atoms with van der Waals surface area (Å²) in [5.41, 5.74) is 2.70. The van der Waals surface area contributed by atoms with Gasteiger partial charge in [-0.15, -0.1) is 0 Å². The number of carbonyl (C=O) groups excluding carboxylic acids is 2. The number of hydrogen-bond donors (Lipinski definition) is 1. The van der Waals surface area contributed by atoms with Crippen LogP contribution in [0.15, 0.2) is 48.5 Å². The Balaban J connectivity index is 1.84. The summed E-state index contributed by atoms with van der Waals surface area (Å²) in [5, 5.41) is 8.97. The van der Waals surface area contributed by atoms with Crippen LogP contribution in [0.1, 0.15) is 28.4 Å². The average Bonchev–Trinajstić information content (AvgIpc) is 2.80. The van der Waals surface area contributed by atoms with Crippen LogP contribution in [0.4, 0.5) is 5.69 Å². The van der Waals surface area contributed by atoms with Crippen molar-refractivity contribution in [3.05, 3.63) is 65.2 Å². The third-order valence-electron chi connectivity index (χ3n) is 4.70. The Kier molecular flexibility index (Phi) is 4.40. The van der Waals surface area contributed by atoms with Gasteiger partial charge < -0.3 is 5.11 Å². The topological polar surface area (TPSA) is 74.7 Å². The third-order valence-corrected chi connectivity index (χ3v) is 4.70. The summed E-state index contributed by atoms with van der Waals surface area (Å²) in [4.78, 5) is 37.5. The van der Waals surface area contributed by atoms with Crippen LogP contribution >= 0.6 is 0 Å². The zero-order valence-corrected chi connectivity index (χ0v) is 14.1. The number of imide groups is 1. The van der Waals surface area contributed by atoms with Crippen molar-refractivity contribution in [3.63, 3.8) is 0 Å². The normalized spacial score (nSPS) is 20.2. The highest BCUT2D eigenvalue weighted by Gasteiger charge is 2.45. The van der Waals surface area contributed by atoms with Crippen LogP contribution in [0, 0.1) is 18.8 Å². The summed E-state index contributed by atoms with van der Waals surface area (Å²) < 4.78 is 0. The number of carbonyl (C=O) groups is 3. The van der Waals surface area contributed by atoms with E-state index in [2.05, 4.69) is 0 Å². The molecule has 1 heterocycles. The van der Waals surface area contributed by atoms with E-state index in [-0.39, 0.29) is 17.4 Å². The molecule has 0 aromatic heterocycles. The standard InChI is InChI=1S/C20H19NO4/c1-12-3-5-14(6-4-12)11-17-13(2)18(22)21(19(17)23)16-9-7-15(8-10-16)20(24)25/h3-10,13,17H,11H2,1-2H3,(H,24,25)/t13-,17-/m1/s1. The van der Waals surface area contributed by atoms with Gasteiger partial charge >= 0.3 is 5.97 Å². The highest BCUT2D eigenvalue weighted by atomic mass is 16.4. The molecule has 0 spiro atoms. The number of aryl methyl sites for hydroxylation is 1. The SMILES string of the molecule is Cc1ccc(C[C@H]2C(=O)N(c3ccc(C(=O)O)cc3)C(=O)[C@@H]2C)cc1. The quantitative estimate of drug-likeness (QED) is 0.870. The maximum absolute atomic E-state index is 12.8. The number of amides is 2. The molecular weight excluding hydrogens is 318 g/mol. The van der Waals surface area contributed by atoms with Crippen LogP contribution in [0.25, 0.3) is 0 Å². The van der Waals surface area contributed by atoms with Gasteiger partial charge in [0.25, 0.3) is 0 Å². The van der Waals surface area contributed by atoms with Crippen LogP contribution in [-0.4, -0.2) is 22.9 Å². The molecule has 25 heavy (non-hydrogen) atoms. The zero-order valence-electron chi connectivity index (χ0n) is 14.1. The van der Waals surface area contributed by atoms with Gasteiger partial charge in [0.2, 0.25) is 11.8 Å². The van der Waals surface area contributed by atoms with Crippen LogP contribution in [-0.2, 0) is 16.0 Å². The van der Waals surface area contributed by atoms with Crippen molar-refractivity contribution < 1.29 is 19.5 Å². The van der Waals surface area contributed by atoms with E-state index in [1.807, 2.05) is 31.2 Å². The molecule has 0 saturated carbocycles. The predicted octanol–water partition coefficient (Wildman–Crippen LogP) is 3.06. The number of carboxylic acid groups (broad SMARTS) is 1. The lowest BCUT2D eigenvalue weighted by Gasteiger charge is -2.15.